The minimum Gasteiger partial charge on any atom is -0.268 e. The zero-order valence-corrected chi connectivity index (χ0v) is 14.1. The lowest BCUT2D eigenvalue weighted by molar-refractivity contribution is 0.971. The van der Waals surface area contributed by atoms with Crippen molar-refractivity contribution in [1.29, 1.82) is 0 Å². The monoisotopic (exact) mass is 327 g/mol. The van der Waals surface area contributed by atoms with Crippen LogP contribution in [-0.2, 0) is 0 Å². The highest BCUT2D eigenvalue weighted by atomic mass is 16.2. The Morgan fingerprint density at radius 2 is 1.08 bits per heavy atom. The maximum Gasteiger partial charge on any atom is 0.265 e. The molecule has 0 saturated heterocycles. The predicted molar refractivity (Wildman–Crippen MR) is 103 cm³/mol. The molecule has 0 aliphatic rings. The quantitative estimate of drug-likeness (QED) is 0.527. The van der Waals surface area contributed by atoms with Crippen molar-refractivity contribution in [1.82, 2.24) is 4.57 Å². The molecule has 0 radical (unpaired) electrons. The van der Waals surface area contributed by atoms with E-state index < -0.39 is 0 Å². The van der Waals surface area contributed by atoms with E-state index in [4.69, 9.17) is 0 Å². The third-order valence-corrected chi connectivity index (χ3v) is 4.76. The minimum absolute atomic E-state index is 0.292. The molecular formula is C22H17NO2. The third-order valence-electron chi connectivity index (χ3n) is 4.76. The fourth-order valence-corrected chi connectivity index (χ4v) is 3.24. The molecule has 3 heteroatoms. The first-order valence-corrected chi connectivity index (χ1v) is 8.22. The lowest BCUT2D eigenvalue weighted by atomic mass is 10.1. The summed E-state index contributed by atoms with van der Waals surface area (Å²) in [6, 6.07) is 20.4. The Hall–Kier alpha value is -3.20. The van der Waals surface area contributed by atoms with Crippen LogP contribution in [0.3, 0.4) is 0 Å². The average Bonchev–Trinajstić information content (AvgIpc) is 2.73. The molecule has 0 aliphatic carbocycles. The first-order valence-electron chi connectivity index (χ1n) is 8.22. The second kappa shape index (κ2) is 5.71. The standard InChI is InChI=1S/C22H17NO2/c1-14-11-12-16(13-15(14)2)23-21(24)19-9-5-3-7-17(19)18-8-4-6-10-20(18)22(23)25/h3-13H,1-2H3. The van der Waals surface area contributed by atoms with Crippen molar-refractivity contribution >= 4 is 21.5 Å². The summed E-state index contributed by atoms with van der Waals surface area (Å²) in [5.74, 6) is 0. The Bertz CT molecular complexity index is 1180. The van der Waals surface area contributed by atoms with Crippen LogP contribution in [0.25, 0.3) is 27.2 Å². The smallest absolute Gasteiger partial charge is 0.265 e. The van der Waals surface area contributed by atoms with Gasteiger partial charge in [0.1, 0.15) is 0 Å². The lowest BCUT2D eigenvalue weighted by Gasteiger charge is -2.06. The highest BCUT2D eigenvalue weighted by Gasteiger charge is 2.12. The predicted octanol–water partition coefficient (Wildman–Crippen LogP) is 4.12. The van der Waals surface area contributed by atoms with Crippen LogP contribution in [0.2, 0.25) is 0 Å². The first kappa shape index (κ1) is 15.3. The van der Waals surface area contributed by atoms with Gasteiger partial charge in [0.2, 0.25) is 0 Å². The topological polar surface area (TPSA) is 39.1 Å². The second-order valence-corrected chi connectivity index (χ2v) is 6.31. The van der Waals surface area contributed by atoms with E-state index >= 15 is 0 Å². The normalized spacial score (nSPS) is 11.1. The fourth-order valence-electron chi connectivity index (χ4n) is 3.24. The Labute approximate surface area is 144 Å². The van der Waals surface area contributed by atoms with Crippen LogP contribution in [0, 0.1) is 13.8 Å². The van der Waals surface area contributed by atoms with Gasteiger partial charge in [-0.05, 0) is 60.0 Å². The lowest BCUT2D eigenvalue weighted by Crippen LogP contribution is -2.28. The van der Waals surface area contributed by atoms with Crippen LogP contribution in [-0.4, -0.2) is 4.57 Å². The molecule has 4 aromatic rings. The van der Waals surface area contributed by atoms with Crippen LogP contribution < -0.4 is 11.1 Å². The van der Waals surface area contributed by atoms with E-state index in [-0.39, 0.29) is 11.1 Å². The van der Waals surface area contributed by atoms with Gasteiger partial charge in [-0.1, -0.05) is 42.5 Å². The number of benzene rings is 3. The summed E-state index contributed by atoms with van der Waals surface area (Å²) in [5, 5.41) is 2.67. The Balaban J connectivity index is 2.31. The summed E-state index contributed by atoms with van der Waals surface area (Å²) in [7, 11) is 0. The second-order valence-electron chi connectivity index (χ2n) is 6.31. The van der Waals surface area contributed by atoms with Crippen LogP contribution in [0.1, 0.15) is 11.1 Å². The molecule has 0 atom stereocenters. The molecule has 0 spiro atoms. The molecular weight excluding hydrogens is 310 g/mol. The SMILES string of the molecule is Cc1ccc(-n2c(=O)c3ccccc3c3ccccc3c2=O)cc1C. The van der Waals surface area contributed by atoms with Gasteiger partial charge in [0.15, 0.2) is 0 Å². The van der Waals surface area contributed by atoms with Crippen LogP contribution in [0.5, 0.6) is 0 Å². The molecule has 0 bridgehead atoms. The van der Waals surface area contributed by atoms with Gasteiger partial charge in [0.25, 0.3) is 11.1 Å². The van der Waals surface area contributed by atoms with Gasteiger partial charge in [0, 0.05) is 10.8 Å². The molecule has 0 N–H and O–H groups in total. The molecule has 4 rings (SSSR count). The summed E-state index contributed by atoms with van der Waals surface area (Å²) >= 11 is 0. The first-order chi connectivity index (χ1) is 12.1. The summed E-state index contributed by atoms with van der Waals surface area (Å²) in [6.07, 6.45) is 0. The maximum atomic E-state index is 13.2. The molecule has 0 saturated carbocycles. The van der Waals surface area contributed by atoms with E-state index in [9.17, 15) is 9.59 Å². The van der Waals surface area contributed by atoms with Crippen LogP contribution in [0.15, 0.2) is 76.3 Å². The molecule has 0 amide bonds. The van der Waals surface area contributed by atoms with E-state index in [0.717, 1.165) is 21.9 Å². The van der Waals surface area contributed by atoms with Crippen molar-refractivity contribution in [2.24, 2.45) is 0 Å². The molecule has 0 fully saturated rings. The average molecular weight is 327 g/mol. The Morgan fingerprint density at radius 3 is 1.56 bits per heavy atom. The van der Waals surface area contributed by atoms with Gasteiger partial charge in [-0.3, -0.25) is 9.59 Å². The fraction of sp³-hybridized carbons (Fsp3) is 0.0909. The van der Waals surface area contributed by atoms with Crippen molar-refractivity contribution in [3.05, 3.63) is 98.6 Å². The van der Waals surface area contributed by atoms with E-state index in [2.05, 4.69) is 0 Å². The van der Waals surface area contributed by atoms with Gasteiger partial charge in [-0.2, -0.15) is 0 Å². The van der Waals surface area contributed by atoms with Crippen molar-refractivity contribution in [2.75, 3.05) is 0 Å². The zero-order chi connectivity index (χ0) is 17.6. The number of rotatable bonds is 1. The number of aromatic nitrogens is 1. The number of aryl methyl sites for hydroxylation is 2. The number of hydrogen-bond donors (Lipinski definition) is 0. The summed E-state index contributed by atoms with van der Waals surface area (Å²) in [6.45, 7) is 3.99. The largest absolute Gasteiger partial charge is 0.268 e. The third kappa shape index (κ3) is 2.36. The Morgan fingerprint density at radius 1 is 0.600 bits per heavy atom. The summed E-state index contributed by atoms with van der Waals surface area (Å²) < 4.78 is 1.29. The van der Waals surface area contributed by atoms with Crippen molar-refractivity contribution in [2.45, 2.75) is 13.8 Å². The van der Waals surface area contributed by atoms with E-state index in [1.165, 1.54) is 4.57 Å². The van der Waals surface area contributed by atoms with E-state index in [1.807, 2.05) is 68.4 Å². The minimum atomic E-state index is -0.292. The summed E-state index contributed by atoms with van der Waals surface area (Å²) in [5.41, 5.74) is 2.19. The van der Waals surface area contributed by atoms with Gasteiger partial charge >= 0.3 is 0 Å². The maximum absolute atomic E-state index is 13.2. The zero-order valence-electron chi connectivity index (χ0n) is 14.1. The van der Waals surface area contributed by atoms with Crippen LogP contribution in [0.4, 0.5) is 0 Å². The van der Waals surface area contributed by atoms with E-state index in [0.29, 0.717) is 16.5 Å². The van der Waals surface area contributed by atoms with Crippen molar-refractivity contribution in [3.8, 4) is 5.69 Å². The van der Waals surface area contributed by atoms with Gasteiger partial charge < -0.3 is 0 Å². The van der Waals surface area contributed by atoms with Gasteiger partial charge in [0.05, 0.1) is 5.69 Å². The van der Waals surface area contributed by atoms with Crippen LogP contribution >= 0.6 is 0 Å². The number of hydrogen-bond acceptors (Lipinski definition) is 2. The molecule has 0 aliphatic heterocycles. The molecule has 1 aromatic heterocycles. The van der Waals surface area contributed by atoms with Crippen molar-refractivity contribution in [3.63, 3.8) is 0 Å². The van der Waals surface area contributed by atoms with Crippen molar-refractivity contribution < 1.29 is 0 Å². The van der Waals surface area contributed by atoms with E-state index in [1.54, 1.807) is 12.1 Å². The van der Waals surface area contributed by atoms with Gasteiger partial charge in [-0.15, -0.1) is 0 Å². The number of nitrogens with zero attached hydrogens (tertiary/aromatic N) is 1. The number of fused-ring (bicyclic) bond motifs is 3. The molecule has 0 unspecified atom stereocenters. The van der Waals surface area contributed by atoms with Gasteiger partial charge in [-0.25, -0.2) is 4.57 Å². The molecule has 1 heterocycles. The molecule has 122 valence electrons. The molecule has 3 nitrogen and oxygen atoms in total. The highest BCUT2D eigenvalue weighted by molar-refractivity contribution is 6.05. The summed E-state index contributed by atoms with van der Waals surface area (Å²) in [4.78, 5) is 26.4. The Kier molecular flexibility index (Phi) is 3.50. The highest BCUT2D eigenvalue weighted by Crippen LogP contribution is 2.20. The molecule has 25 heavy (non-hydrogen) atoms. The molecule has 3 aromatic carbocycles.